The van der Waals surface area contributed by atoms with Crippen LogP contribution in [0.4, 0.5) is 21.5 Å². The molecule has 0 saturated heterocycles. The van der Waals surface area contributed by atoms with Crippen molar-refractivity contribution in [2.45, 2.75) is 31.6 Å². The minimum Gasteiger partial charge on any atom is -0.384 e. The van der Waals surface area contributed by atoms with Crippen molar-refractivity contribution in [3.8, 4) is 6.07 Å². The van der Waals surface area contributed by atoms with Gasteiger partial charge in [0.1, 0.15) is 28.8 Å². The quantitative estimate of drug-likeness (QED) is 0.517. The molecule has 1 amide bonds. The van der Waals surface area contributed by atoms with Gasteiger partial charge in [-0.2, -0.15) is 5.26 Å². The zero-order valence-corrected chi connectivity index (χ0v) is 18.0. The normalized spacial score (nSPS) is 21.4. The van der Waals surface area contributed by atoms with Gasteiger partial charge in [-0.3, -0.25) is 24.6 Å². The van der Waals surface area contributed by atoms with E-state index in [1.807, 2.05) is 6.07 Å². The smallest absolute Gasteiger partial charge is 0.293 e. The summed E-state index contributed by atoms with van der Waals surface area (Å²) in [6.45, 7) is 1.70. The molecule has 1 unspecified atom stereocenters. The number of hydrogen-bond acceptors (Lipinski definition) is 7. The van der Waals surface area contributed by atoms with E-state index in [0.29, 0.717) is 17.7 Å². The highest BCUT2D eigenvalue weighted by molar-refractivity contribution is 6.19. The number of nitriles is 1. The molecule has 2 aromatic rings. The number of nitro groups is 1. The number of carbonyl (C=O) groups is 2. The first-order valence-electron chi connectivity index (χ1n) is 10.6. The van der Waals surface area contributed by atoms with E-state index in [9.17, 15) is 29.4 Å². The Morgan fingerprint density at radius 2 is 2.00 bits per heavy atom. The van der Waals surface area contributed by atoms with Crippen molar-refractivity contribution in [3.05, 3.63) is 86.1 Å². The number of anilines is 2. The average Bonchev–Trinajstić information content (AvgIpc) is 3.06. The van der Waals surface area contributed by atoms with Crippen molar-refractivity contribution in [1.82, 2.24) is 0 Å². The summed E-state index contributed by atoms with van der Waals surface area (Å²) in [5, 5.41) is 24.7. The van der Waals surface area contributed by atoms with Crippen LogP contribution in [-0.4, -0.2) is 16.6 Å². The molecule has 3 aliphatic rings. The number of Topliss-reactive ketones (excluding diaryl/α,β-unsaturated/α-hetero) is 1. The SMILES string of the molecule is Cc1ccc(N2C(N)=C(C#N)C3(C(=O)Nc4ccc(F)cc43)C3=C2CCCC3=O)c([N+](=O)[O-])c1. The number of rotatable bonds is 2. The van der Waals surface area contributed by atoms with Crippen LogP contribution in [0.3, 0.4) is 0 Å². The maximum atomic E-state index is 14.3. The van der Waals surface area contributed by atoms with Crippen LogP contribution in [0, 0.1) is 34.2 Å². The fourth-order valence-electron chi connectivity index (χ4n) is 5.21. The van der Waals surface area contributed by atoms with Crippen molar-refractivity contribution in [3.63, 3.8) is 0 Å². The average molecular weight is 459 g/mol. The predicted molar refractivity (Wildman–Crippen MR) is 120 cm³/mol. The van der Waals surface area contributed by atoms with E-state index < -0.39 is 27.8 Å². The number of aryl methyl sites for hydroxylation is 1. The van der Waals surface area contributed by atoms with Crippen LogP contribution in [0.25, 0.3) is 0 Å². The second-order valence-corrected chi connectivity index (χ2v) is 8.45. The summed E-state index contributed by atoms with van der Waals surface area (Å²) in [6, 6.07) is 10.1. The first-order chi connectivity index (χ1) is 16.2. The number of carbonyl (C=O) groups excluding carboxylic acids is 2. The molecule has 3 N–H and O–H groups in total. The first-order valence-corrected chi connectivity index (χ1v) is 10.6. The Morgan fingerprint density at radius 3 is 2.71 bits per heavy atom. The second kappa shape index (κ2) is 7.25. The topological polar surface area (TPSA) is 142 Å². The molecule has 0 bridgehead atoms. The molecule has 1 aliphatic carbocycles. The fraction of sp³-hybridized carbons (Fsp3) is 0.208. The third-order valence-corrected chi connectivity index (χ3v) is 6.56. The predicted octanol–water partition coefficient (Wildman–Crippen LogP) is 3.45. The number of allylic oxidation sites excluding steroid dienone is 1. The Labute approximate surface area is 193 Å². The molecule has 0 radical (unpaired) electrons. The lowest BCUT2D eigenvalue weighted by Gasteiger charge is -2.43. The number of nitrogens with zero attached hydrogens (tertiary/aromatic N) is 3. The van der Waals surface area contributed by atoms with Gasteiger partial charge in [0.2, 0.25) is 5.91 Å². The molecule has 2 aliphatic heterocycles. The highest BCUT2D eigenvalue weighted by atomic mass is 19.1. The van der Waals surface area contributed by atoms with Crippen LogP contribution in [0.1, 0.15) is 30.4 Å². The van der Waals surface area contributed by atoms with Gasteiger partial charge in [-0.25, -0.2) is 4.39 Å². The Balaban J connectivity index is 1.90. The van der Waals surface area contributed by atoms with E-state index in [4.69, 9.17) is 5.73 Å². The van der Waals surface area contributed by atoms with Crippen molar-refractivity contribution >= 4 is 28.8 Å². The highest BCUT2D eigenvalue weighted by Gasteiger charge is 2.60. The number of nitrogens with two attached hydrogens (primary N) is 1. The van der Waals surface area contributed by atoms with E-state index in [1.54, 1.807) is 13.0 Å². The number of halogens is 1. The molecule has 1 spiro atoms. The Hall–Kier alpha value is -4.52. The third-order valence-electron chi connectivity index (χ3n) is 6.56. The van der Waals surface area contributed by atoms with Crippen LogP contribution in [0.15, 0.2) is 59.1 Å². The fourth-order valence-corrected chi connectivity index (χ4v) is 5.21. The minimum absolute atomic E-state index is 0.00113. The molecule has 2 heterocycles. The maximum Gasteiger partial charge on any atom is 0.293 e. The van der Waals surface area contributed by atoms with E-state index in [0.717, 1.165) is 6.07 Å². The minimum atomic E-state index is -1.93. The van der Waals surface area contributed by atoms with Gasteiger partial charge in [0.25, 0.3) is 5.69 Å². The van der Waals surface area contributed by atoms with Gasteiger partial charge in [-0.1, -0.05) is 6.07 Å². The lowest BCUT2D eigenvalue weighted by atomic mass is 9.64. The number of nitro benzene ring substituents is 1. The van der Waals surface area contributed by atoms with E-state index in [1.165, 1.54) is 29.2 Å². The van der Waals surface area contributed by atoms with Crippen LogP contribution < -0.4 is 16.0 Å². The summed E-state index contributed by atoms with van der Waals surface area (Å²) in [5.41, 5.74) is 5.42. The molecule has 5 rings (SSSR count). The van der Waals surface area contributed by atoms with Gasteiger partial charge >= 0.3 is 0 Å². The molecule has 34 heavy (non-hydrogen) atoms. The lowest BCUT2D eigenvalue weighted by Crippen LogP contribution is -2.50. The van der Waals surface area contributed by atoms with Gasteiger partial charge < -0.3 is 11.1 Å². The van der Waals surface area contributed by atoms with Crippen LogP contribution in [0.2, 0.25) is 0 Å². The Kier molecular flexibility index (Phi) is 4.55. The molecule has 170 valence electrons. The number of benzene rings is 2. The second-order valence-electron chi connectivity index (χ2n) is 8.45. The molecule has 1 atom stereocenters. The third kappa shape index (κ3) is 2.64. The molecule has 2 aromatic carbocycles. The molecule has 0 fully saturated rings. The van der Waals surface area contributed by atoms with Crippen molar-refractivity contribution in [2.75, 3.05) is 10.2 Å². The number of hydrogen-bond donors (Lipinski definition) is 2. The molecule has 0 saturated carbocycles. The maximum absolute atomic E-state index is 14.3. The van der Waals surface area contributed by atoms with Gasteiger partial charge in [0.05, 0.1) is 10.5 Å². The molecular formula is C24H18FN5O4. The zero-order chi connectivity index (χ0) is 24.4. The van der Waals surface area contributed by atoms with Crippen molar-refractivity contribution in [1.29, 1.82) is 5.26 Å². The largest absolute Gasteiger partial charge is 0.384 e. The molecule has 9 nitrogen and oxygen atoms in total. The monoisotopic (exact) mass is 459 g/mol. The van der Waals surface area contributed by atoms with Crippen molar-refractivity contribution in [2.24, 2.45) is 5.73 Å². The molecule has 10 heteroatoms. The number of fused-ring (bicyclic) bond motifs is 3. The Bertz CT molecular complexity index is 1440. The molecular weight excluding hydrogens is 441 g/mol. The van der Waals surface area contributed by atoms with E-state index >= 15 is 0 Å². The van der Waals surface area contributed by atoms with Crippen LogP contribution >= 0.6 is 0 Å². The Morgan fingerprint density at radius 1 is 1.24 bits per heavy atom. The standard InChI is InChI=1S/C24H18FN5O4/c1-12-5-8-17(19(9-12)30(33)34)29-18-3-2-4-20(31)21(18)24(15(11-26)22(29)27)14-10-13(25)6-7-16(14)28-23(24)32/h5-10H,2-4,27H2,1H3,(H,28,32). The summed E-state index contributed by atoms with van der Waals surface area (Å²) in [5.74, 6) is -1.94. The van der Waals surface area contributed by atoms with E-state index in [2.05, 4.69) is 5.32 Å². The lowest BCUT2D eigenvalue weighted by molar-refractivity contribution is -0.384. The van der Waals surface area contributed by atoms with Crippen molar-refractivity contribution < 1.29 is 18.9 Å². The van der Waals surface area contributed by atoms with Crippen LogP contribution in [0.5, 0.6) is 0 Å². The number of nitrogens with one attached hydrogen (secondary N) is 1. The number of ketones is 1. The van der Waals surface area contributed by atoms with Gasteiger partial charge in [-0.05, 0) is 49.6 Å². The van der Waals surface area contributed by atoms with E-state index in [-0.39, 0.29) is 52.4 Å². The van der Waals surface area contributed by atoms with Crippen LogP contribution in [-0.2, 0) is 15.0 Å². The van der Waals surface area contributed by atoms with Gasteiger partial charge in [0, 0.05) is 35.0 Å². The van der Waals surface area contributed by atoms with Gasteiger partial charge in [-0.15, -0.1) is 0 Å². The summed E-state index contributed by atoms with van der Waals surface area (Å²) in [7, 11) is 0. The zero-order valence-electron chi connectivity index (χ0n) is 18.0. The van der Waals surface area contributed by atoms with Gasteiger partial charge in [0.15, 0.2) is 5.78 Å². The molecule has 0 aromatic heterocycles. The number of amides is 1. The summed E-state index contributed by atoms with van der Waals surface area (Å²) < 4.78 is 14.3. The summed E-state index contributed by atoms with van der Waals surface area (Å²) in [6.07, 6.45) is 0.822. The highest BCUT2D eigenvalue weighted by Crippen LogP contribution is 2.55. The first kappa shape index (κ1) is 21.3. The summed E-state index contributed by atoms with van der Waals surface area (Å²) >= 11 is 0. The summed E-state index contributed by atoms with van der Waals surface area (Å²) in [4.78, 5) is 39.5.